The lowest BCUT2D eigenvalue weighted by Gasteiger charge is -2.06. The maximum Gasteiger partial charge on any atom is 0.335 e. The summed E-state index contributed by atoms with van der Waals surface area (Å²) in [6, 6.07) is 6.41. The maximum absolute atomic E-state index is 11.5. The Kier molecular flexibility index (Phi) is 5.16. The summed E-state index contributed by atoms with van der Waals surface area (Å²) in [6.45, 7) is 0.413. The Bertz CT molecular complexity index is 403. The lowest BCUT2D eigenvalue weighted by atomic mass is 10.0. The molecule has 0 saturated carbocycles. The van der Waals surface area contributed by atoms with Gasteiger partial charge in [0.15, 0.2) is 0 Å². The number of aliphatic hydroxyl groups is 1. The van der Waals surface area contributed by atoms with Crippen LogP contribution < -0.4 is 5.32 Å². The van der Waals surface area contributed by atoms with Crippen molar-refractivity contribution in [1.82, 2.24) is 5.32 Å². The number of hydrogen-bond donors (Lipinski definition) is 3. The Labute approximate surface area is 99.1 Å². The van der Waals surface area contributed by atoms with E-state index in [9.17, 15) is 9.59 Å². The van der Waals surface area contributed by atoms with Gasteiger partial charge >= 0.3 is 5.97 Å². The predicted molar refractivity (Wildman–Crippen MR) is 61.8 cm³/mol. The Morgan fingerprint density at radius 1 is 1.24 bits per heavy atom. The van der Waals surface area contributed by atoms with E-state index in [1.807, 2.05) is 0 Å². The molecule has 0 heterocycles. The van der Waals surface area contributed by atoms with Crippen LogP contribution in [0.25, 0.3) is 0 Å². The van der Waals surface area contributed by atoms with Gasteiger partial charge in [-0.3, -0.25) is 4.79 Å². The smallest absolute Gasteiger partial charge is 0.335 e. The fraction of sp³-hybridized carbons (Fsp3) is 0.333. The van der Waals surface area contributed by atoms with E-state index in [-0.39, 0.29) is 24.5 Å². The Hall–Kier alpha value is -1.88. The molecular formula is C12H15NO4. The standard InChI is InChI=1S/C12H15NO4/c14-7-3-6-13-11(15)8-9-4-1-2-5-10(9)12(16)17/h1-2,4-5,14H,3,6-8H2,(H,13,15)(H,16,17). The van der Waals surface area contributed by atoms with Crippen LogP contribution >= 0.6 is 0 Å². The topological polar surface area (TPSA) is 86.6 Å². The van der Waals surface area contributed by atoms with Crippen LogP contribution in [0.1, 0.15) is 22.3 Å². The molecule has 1 aromatic carbocycles. The fourth-order valence-electron chi connectivity index (χ4n) is 1.43. The summed E-state index contributed by atoms with van der Waals surface area (Å²) < 4.78 is 0. The molecule has 1 rings (SSSR count). The number of nitrogens with one attached hydrogen (secondary N) is 1. The predicted octanol–water partition coefficient (Wildman–Crippen LogP) is 0.426. The highest BCUT2D eigenvalue weighted by atomic mass is 16.4. The van der Waals surface area contributed by atoms with Crippen LogP contribution in [0.2, 0.25) is 0 Å². The first-order chi connectivity index (χ1) is 8.15. The second-order valence-corrected chi connectivity index (χ2v) is 3.57. The van der Waals surface area contributed by atoms with Gasteiger partial charge in [-0.05, 0) is 18.1 Å². The molecule has 0 aliphatic carbocycles. The van der Waals surface area contributed by atoms with Crippen molar-refractivity contribution in [3.05, 3.63) is 35.4 Å². The van der Waals surface area contributed by atoms with Gasteiger partial charge in [-0.25, -0.2) is 4.79 Å². The molecule has 0 atom stereocenters. The van der Waals surface area contributed by atoms with E-state index in [0.717, 1.165) is 0 Å². The maximum atomic E-state index is 11.5. The van der Waals surface area contributed by atoms with Crippen molar-refractivity contribution in [3.8, 4) is 0 Å². The van der Waals surface area contributed by atoms with Crippen LogP contribution in [0.3, 0.4) is 0 Å². The first kappa shape index (κ1) is 13.2. The summed E-state index contributed by atoms with van der Waals surface area (Å²) in [7, 11) is 0. The van der Waals surface area contributed by atoms with Crippen molar-refractivity contribution >= 4 is 11.9 Å². The number of carboxylic acid groups (broad SMARTS) is 1. The molecule has 0 saturated heterocycles. The molecule has 1 amide bonds. The first-order valence-corrected chi connectivity index (χ1v) is 5.34. The Balaban J connectivity index is 2.61. The van der Waals surface area contributed by atoms with Crippen molar-refractivity contribution in [2.45, 2.75) is 12.8 Å². The number of carbonyl (C=O) groups is 2. The highest BCUT2D eigenvalue weighted by Crippen LogP contribution is 2.09. The second-order valence-electron chi connectivity index (χ2n) is 3.57. The van der Waals surface area contributed by atoms with Crippen LogP contribution in [0.4, 0.5) is 0 Å². The second kappa shape index (κ2) is 6.65. The van der Waals surface area contributed by atoms with Crippen LogP contribution in [0, 0.1) is 0 Å². The van der Waals surface area contributed by atoms with E-state index in [2.05, 4.69) is 5.32 Å². The molecule has 0 bridgehead atoms. The summed E-state index contributed by atoms with van der Waals surface area (Å²) >= 11 is 0. The van der Waals surface area contributed by atoms with Crippen LogP contribution in [-0.4, -0.2) is 35.2 Å². The zero-order chi connectivity index (χ0) is 12.7. The van der Waals surface area contributed by atoms with Crippen LogP contribution in [0.5, 0.6) is 0 Å². The molecule has 92 valence electrons. The minimum Gasteiger partial charge on any atom is -0.478 e. The third-order valence-corrected chi connectivity index (χ3v) is 2.26. The molecule has 5 heteroatoms. The van der Waals surface area contributed by atoms with Gasteiger partial charge in [0, 0.05) is 13.2 Å². The summed E-state index contributed by atoms with van der Waals surface area (Å²) in [4.78, 5) is 22.4. The number of hydrogen-bond acceptors (Lipinski definition) is 3. The number of aliphatic hydroxyl groups excluding tert-OH is 1. The molecule has 3 N–H and O–H groups in total. The summed E-state index contributed by atoms with van der Waals surface area (Å²) in [5, 5.41) is 20.1. The molecule has 0 aliphatic heterocycles. The van der Waals surface area contributed by atoms with E-state index in [0.29, 0.717) is 18.5 Å². The molecule has 0 unspecified atom stereocenters. The summed E-state index contributed by atoms with van der Waals surface area (Å²) in [6.07, 6.45) is 0.528. The Morgan fingerprint density at radius 2 is 1.94 bits per heavy atom. The number of rotatable bonds is 6. The van der Waals surface area contributed by atoms with Gasteiger partial charge in [-0.2, -0.15) is 0 Å². The number of carbonyl (C=O) groups excluding carboxylic acids is 1. The van der Waals surface area contributed by atoms with Crippen molar-refractivity contribution in [3.63, 3.8) is 0 Å². The minimum atomic E-state index is -1.04. The van der Waals surface area contributed by atoms with Gasteiger partial charge in [-0.15, -0.1) is 0 Å². The third kappa shape index (κ3) is 4.24. The van der Waals surface area contributed by atoms with Crippen molar-refractivity contribution in [1.29, 1.82) is 0 Å². The van der Waals surface area contributed by atoms with Gasteiger partial charge in [0.05, 0.1) is 12.0 Å². The number of carboxylic acids is 1. The van der Waals surface area contributed by atoms with E-state index >= 15 is 0 Å². The quantitative estimate of drug-likeness (QED) is 0.626. The summed E-state index contributed by atoms with van der Waals surface area (Å²) in [5.74, 6) is -1.28. The number of aromatic carboxylic acids is 1. The zero-order valence-corrected chi connectivity index (χ0v) is 9.35. The molecular weight excluding hydrogens is 222 g/mol. The zero-order valence-electron chi connectivity index (χ0n) is 9.35. The lowest BCUT2D eigenvalue weighted by Crippen LogP contribution is -2.27. The van der Waals surface area contributed by atoms with E-state index in [1.165, 1.54) is 6.07 Å². The van der Waals surface area contributed by atoms with Crippen LogP contribution in [-0.2, 0) is 11.2 Å². The number of amides is 1. The van der Waals surface area contributed by atoms with Gasteiger partial charge in [0.1, 0.15) is 0 Å². The summed E-state index contributed by atoms with van der Waals surface area (Å²) in [5.41, 5.74) is 0.631. The van der Waals surface area contributed by atoms with Gasteiger partial charge in [-0.1, -0.05) is 18.2 Å². The highest BCUT2D eigenvalue weighted by Gasteiger charge is 2.11. The van der Waals surface area contributed by atoms with E-state index in [1.54, 1.807) is 18.2 Å². The fourth-order valence-corrected chi connectivity index (χ4v) is 1.43. The van der Waals surface area contributed by atoms with Crippen molar-refractivity contribution in [2.75, 3.05) is 13.2 Å². The van der Waals surface area contributed by atoms with Crippen molar-refractivity contribution in [2.24, 2.45) is 0 Å². The first-order valence-electron chi connectivity index (χ1n) is 5.34. The SMILES string of the molecule is O=C(Cc1ccccc1C(=O)O)NCCCO. The molecule has 5 nitrogen and oxygen atoms in total. The van der Waals surface area contributed by atoms with Gasteiger partial charge < -0.3 is 15.5 Å². The molecule has 0 fully saturated rings. The normalized spacial score (nSPS) is 9.94. The minimum absolute atomic E-state index is 0.0198. The highest BCUT2D eigenvalue weighted by molar-refractivity contribution is 5.91. The molecule has 0 aliphatic rings. The lowest BCUT2D eigenvalue weighted by molar-refractivity contribution is -0.120. The Morgan fingerprint density at radius 3 is 2.59 bits per heavy atom. The monoisotopic (exact) mass is 237 g/mol. The molecule has 1 aromatic rings. The van der Waals surface area contributed by atoms with E-state index in [4.69, 9.17) is 10.2 Å². The largest absolute Gasteiger partial charge is 0.478 e. The number of benzene rings is 1. The molecule has 0 aromatic heterocycles. The van der Waals surface area contributed by atoms with E-state index < -0.39 is 5.97 Å². The average molecular weight is 237 g/mol. The van der Waals surface area contributed by atoms with Gasteiger partial charge in [0.25, 0.3) is 0 Å². The van der Waals surface area contributed by atoms with Crippen LogP contribution in [0.15, 0.2) is 24.3 Å². The molecule has 0 radical (unpaired) electrons. The average Bonchev–Trinajstić information content (AvgIpc) is 2.29. The van der Waals surface area contributed by atoms with Gasteiger partial charge in [0.2, 0.25) is 5.91 Å². The van der Waals surface area contributed by atoms with Crippen molar-refractivity contribution < 1.29 is 19.8 Å². The molecule has 17 heavy (non-hydrogen) atoms. The molecule has 0 spiro atoms. The third-order valence-electron chi connectivity index (χ3n) is 2.26.